The third-order valence-corrected chi connectivity index (χ3v) is 10.0. The van der Waals surface area contributed by atoms with Crippen LogP contribution in [-0.2, 0) is 35.1 Å². The van der Waals surface area contributed by atoms with Gasteiger partial charge in [0.1, 0.15) is 29.7 Å². The first kappa shape index (κ1) is 41.8. The molecule has 10 nitrogen and oxygen atoms in total. The number of ether oxygens (including phenoxy) is 4. The number of benzene rings is 1. The molecule has 11 atom stereocenters. The maximum absolute atomic E-state index is 14.2. The van der Waals surface area contributed by atoms with E-state index in [2.05, 4.69) is 12.2 Å². The van der Waals surface area contributed by atoms with E-state index in [-0.39, 0.29) is 55.1 Å². The van der Waals surface area contributed by atoms with E-state index in [1.807, 2.05) is 13.8 Å². The molecule has 2 aliphatic rings. The Bertz CT molecular complexity index is 1390. The second kappa shape index (κ2) is 18.2. The summed E-state index contributed by atoms with van der Waals surface area (Å²) in [7, 11) is 1.67. The second-order valence-corrected chi connectivity index (χ2v) is 14.6. The Morgan fingerprint density at radius 1 is 1.28 bits per heavy atom. The highest BCUT2D eigenvalue weighted by atomic mass is 35.5. The molecule has 1 saturated heterocycles. The van der Waals surface area contributed by atoms with Crippen molar-refractivity contribution in [2.75, 3.05) is 7.11 Å². The molecule has 1 aromatic carbocycles. The first-order valence-electron chi connectivity index (χ1n) is 17.3. The molecule has 1 fully saturated rings. The number of aliphatic hydroxyl groups is 3. The number of esters is 2. The number of aliphatic hydroxyl groups excluding tert-OH is 1. The summed E-state index contributed by atoms with van der Waals surface area (Å²) in [6.45, 7) is 12.4. The summed E-state index contributed by atoms with van der Waals surface area (Å²) in [4.78, 5) is 24.7. The normalized spacial score (nSPS) is 31.8. The minimum atomic E-state index is -1.48. The molecule has 0 aliphatic carbocycles. The summed E-state index contributed by atoms with van der Waals surface area (Å²) < 4.78 is 37.2. The number of hydrogen-bond donors (Lipinski definition) is 4. The Hall–Kier alpha value is -2.64. The van der Waals surface area contributed by atoms with Gasteiger partial charge in [0, 0.05) is 32.4 Å². The number of halogens is 2. The molecule has 3 unspecified atom stereocenters. The van der Waals surface area contributed by atoms with Crippen molar-refractivity contribution in [3.8, 4) is 0 Å². The number of rotatable bonds is 13. The lowest BCUT2D eigenvalue weighted by molar-refractivity contribution is -0.157. The highest BCUT2D eigenvalue weighted by Gasteiger charge is 2.54. The van der Waals surface area contributed by atoms with E-state index in [1.54, 1.807) is 57.4 Å². The Balaban J connectivity index is 1.88. The van der Waals surface area contributed by atoms with Crippen molar-refractivity contribution in [2.45, 2.75) is 135 Å². The van der Waals surface area contributed by atoms with Gasteiger partial charge in [0.05, 0.1) is 41.4 Å². The van der Waals surface area contributed by atoms with Crippen molar-refractivity contribution < 1.29 is 48.2 Å². The number of hydrogen-bond acceptors (Lipinski definition) is 10. The molecule has 0 saturated carbocycles. The van der Waals surface area contributed by atoms with E-state index in [1.165, 1.54) is 26.0 Å². The summed E-state index contributed by atoms with van der Waals surface area (Å²) in [5.74, 6) is -2.06. The molecule has 2 aliphatic heterocycles. The summed E-state index contributed by atoms with van der Waals surface area (Å²) in [6.07, 6.45) is 5.69. The minimum Gasteiger partial charge on any atom is -0.457 e. The van der Waals surface area contributed by atoms with Crippen LogP contribution in [0.2, 0.25) is 5.02 Å². The quantitative estimate of drug-likeness (QED) is 0.0909. The SMILES string of the molecule is CC[C@H](OC)[C@@H](C)C1O[C@@H]1C(NCc1ccc(Cl)c(F)c1)C(C)(O)/C=C/C=C(\C)[C@H]1OC(=O)C[C@H](O)CC[C@@](C)(O)[C@@H](OC(C)=O)/C=C/[C@@H]1C. The first-order chi connectivity index (χ1) is 23.4. The number of nitrogens with one attached hydrogen (secondary N) is 1. The monoisotopic (exact) mass is 723 g/mol. The second-order valence-electron chi connectivity index (χ2n) is 14.1. The number of epoxide rings is 1. The van der Waals surface area contributed by atoms with E-state index in [0.29, 0.717) is 11.1 Å². The van der Waals surface area contributed by atoms with Gasteiger partial charge in [0.25, 0.3) is 0 Å². The van der Waals surface area contributed by atoms with Crippen LogP contribution >= 0.6 is 11.6 Å². The number of methoxy groups -OCH3 is 1. The van der Waals surface area contributed by atoms with Crippen LogP contribution in [0.3, 0.4) is 0 Å². The molecule has 4 N–H and O–H groups in total. The zero-order valence-electron chi connectivity index (χ0n) is 30.4. The highest BCUT2D eigenvalue weighted by Crippen LogP contribution is 2.39. The van der Waals surface area contributed by atoms with Crippen LogP contribution in [0.5, 0.6) is 0 Å². The van der Waals surface area contributed by atoms with Gasteiger partial charge in [0.2, 0.25) is 0 Å². The van der Waals surface area contributed by atoms with Crippen LogP contribution in [0.1, 0.15) is 79.7 Å². The van der Waals surface area contributed by atoms with Crippen LogP contribution in [0, 0.1) is 17.7 Å². The standard InChI is InChI=1S/C38H55ClFNO9/c1-9-30(47-8)24(4)34-35(50-34)36(41-21-26-13-14-28(39)29(40)19-26)38(7,46)17-10-11-22(2)33-23(3)12-15-31(48-25(5)42)37(6,45)18-16-27(43)20-32(44)49-33/h10-15,17,19,23-24,27,30-31,33-36,41,43,45-46H,9,16,18,20-21H2,1-8H3/b15-12+,17-10+,22-11+/t23-,24+,27+,30-,31-,33+,34?,35-,36?,37+,38?/m0/s1. The van der Waals surface area contributed by atoms with Gasteiger partial charge >= 0.3 is 11.9 Å². The van der Waals surface area contributed by atoms with Crippen molar-refractivity contribution in [3.05, 3.63) is 70.6 Å². The van der Waals surface area contributed by atoms with Gasteiger partial charge in [-0.25, -0.2) is 4.39 Å². The average molecular weight is 724 g/mol. The van der Waals surface area contributed by atoms with Crippen molar-refractivity contribution in [3.63, 3.8) is 0 Å². The van der Waals surface area contributed by atoms with E-state index in [9.17, 15) is 29.3 Å². The molecule has 1 aromatic rings. The molecule has 0 aromatic heterocycles. The largest absolute Gasteiger partial charge is 0.457 e. The Kier molecular flexibility index (Phi) is 15.2. The van der Waals surface area contributed by atoms with Crippen molar-refractivity contribution in [1.29, 1.82) is 0 Å². The van der Waals surface area contributed by atoms with Crippen molar-refractivity contribution in [1.82, 2.24) is 5.32 Å². The predicted molar refractivity (Wildman–Crippen MR) is 189 cm³/mol. The molecular formula is C38H55ClFNO9. The fourth-order valence-corrected chi connectivity index (χ4v) is 6.67. The summed E-state index contributed by atoms with van der Waals surface area (Å²) in [5.41, 5.74) is -1.63. The molecule has 12 heteroatoms. The average Bonchev–Trinajstić information content (AvgIpc) is 3.82. The number of carbonyl (C=O) groups is 2. The van der Waals surface area contributed by atoms with Crippen LogP contribution in [0.25, 0.3) is 0 Å². The van der Waals surface area contributed by atoms with E-state index in [0.717, 1.165) is 6.42 Å². The molecule has 2 heterocycles. The lowest BCUT2D eigenvalue weighted by Crippen LogP contribution is -2.52. The van der Waals surface area contributed by atoms with Gasteiger partial charge in [-0.3, -0.25) is 9.59 Å². The zero-order chi connectivity index (χ0) is 37.4. The van der Waals surface area contributed by atoms with Gasteiger partial charge in [-0.2, -0.15) is 0 Å². The van der Waals surface area contributed by atoms with Gasteiger partial charge in [-0.1, -0.05) is 62.7 Å². The molecule has 0 bridgehead atoms. The molecule has 280 valence electrons. The van der Waals surface area contributed by atoms with Gasteiger partial charge < -0.3 is 39.6 Å². The fraction of sp³-hybridized carbons (Fsp3) is 0.632. The predicted octanol–water partition coefficient (Wildman–Crippen LogP) is 5.35. The van der Waals surface area contributed by atoms with Crippen LogP contribution in [0.15, 0.2) is 54.2 Å². The minimum absolute atomic E-state index is 0.0243. The molecular weight excluding hydrogens is 669 g/mol. The fourth-order valence-electron chi connectivity index (χ4n) is 6.55. The smallest absolute Gasteiger partial charge is 0.309 e. The summed E-state index contributed by atoms with van der Waals surface area (Å²) in [5, 5.41) is 36.8. The lowest BCUT2D eigenvalue weighted by atomic mass is 9.87. The third-order valence-electron chi connectivity index (χ3n) is 9.70. The van der Waals surface area contributed by atoms with Gasteiger partial charge in [-0.15, -0.1) is 0 Å². The molecule has 0 radical (unpaired) electrons. The maximum Gasteiger partial charge on any atom is 0.309 e. The van der Waals surface area contributed by atoms with Crippen molar-refractivity contribution in [2.24, 2.45) is 11.8 Å². The van der Waals surface area contributed by atoms with Crippen LogP contribution < -0.4 is 5.32 Å². The topological polar surface area (TPSA) is 147 Å². The summed E-state index contributed by atoms with van der Waals surface area (Å²) >= 11 is 5.88. The van der Waals surface area contributed by atoms with E-state index in [4.69, 9.17) is 30.5 Å². The third kappa shape index (κ3) is 11.7. The number of carbonyl (C=O) groups excluding carboxylic acids is 2. The first-order valence-corrected chi connectivity index (χ1v) is 17.7. The lowest BCUT2D eigenvalue weighted by Gasteiger charge is -2.32. The summed E-state index contributed by atoms with van der Waals surface area (Å²) in [6, 6.07) is 3.96. The Morgan fingerprint density at radius 3 is 2.60 bits per heavy atom. The van der Waals surface area contributed by atoms with Gasteiger partial charge in [-0.05, 0) is 69.4 Å². The number of cyclic esters (lactones) is 1. The van der Waals surface area contributed by atoms with Crippen LogP contribution in [0.4, 0.5) is 4.39 Å². The van der Waals surface area contributed by atoms with E-state index >= 15 is 0 Å². The molecule has 50 heavy (non-hydrogen) atoms. The maximum atomic E-state index is 14.2. The molecule has 0 amide bonds. The van der Waals surface area contributed by atoms with Gasteiger partial charge in [0.15, 0.2) is 0 Å². The van der Waals surface area contributed by atoms with Crippen LogP contribution in [-0.4, -0.2) is 88.2 Å². The molecule has 0 spiro atoms. The van der Waals surface area contributed by atoms with E-state index < -0.39 is 59.2 Å². The zero-order valence-corrected chi connectivity index (χ0v) is 31.2. The number of allylic oxidation sites excluding steroid dienone is 2. The highest BCUT2D eigenvalue weighted by molar-refractivity contribution is 6.30. The van der Waals surface area contributed by atoms with Crippen molar-refractivity contribution >= 4 is 23.5 Å². The Morgan fingerprint density at radius 2 is 1.98 bits per heavy atom. The Labute approximate surface area is 300 Å². The molecule has 3 rings (SSSR count).